The van der Waals surface area contributed by atoms with Gasteiger partial charge in [-0.2, -0.15) is 0 Å². The molecule has 1 saturated heterocycles. The van der Waals surface area contributed by atoms with Gasteiger partial charge in [-0.1, -0.05) is 0 Å². The zero-order valence-corrected chi connectivity index (χ0v) is 9.98. The van der Waals surface area contributed by atoms with Crippen LogP contribution in [0.3, 0.4) is 0 Å². The van der Waals surface area contributed by atoms with Crippen LogP contribution in [0.1, 0.15) is 32.1 Å². The minimum absolute atomic E-state index is 0.0975. The van der Waals surface area contributed by atoms with Crippen molar-refractivity contribution in [3.05, 3.63) is 0 Å². The number of rotatable bonds is 1. The highest BCUT2D eigenvalue weighted by atomic mass is 16.5. The Morgan fingerprint density at radius 2 is 1.62 bits per heavy atom. The number of ether oxygens (including phenoxy) is 1. The maximum absolute atomic E-state index is 10.3. The van der Waals surface area contributed by atoms with Crippen molar-refractivity contribution >= 4 is 0 Å². The third-order valence-corrected chi connectivity index (χ3v) is 4.69. The monoisotopic (exact) mass is 225 g/mol. The van der Waals surface area contributed by atoms with Crippen molar-refractivity contribution in [1.82, 2.24) is 4.90 Å². The second-order valence-electron chi connectivity index (χ2n) is 5.69. The SMILES string of the molecule is O[C@@H]1CC[C@@H]2C[C@H]2CC[C@H]1N1CCOCC1. The Balaban J connectivity index is 1.61. The molecular weight excluding hydrogens is 202 g/mol. The molecule has 0 aromatic heterocycles. The van der Waals surface area contributed by atoms with E-state index in [1.807, 2.05) is 0 Å². The molecule has 2 saturated carbocycles. The molecule has 3 nitrogen and oxygen atoms in total. The maximum atomic E-state index is 10.3. The van der Waals surface area contributed by atoms with Gasteiger partial charge in [-0.25, -0.2) is 0 Å². The lowest BCUT2D eigenvalue weighted by atomic mass is 9.93. The van der Waals surface area contributed by atoms with Crippen molar-refractivity contribution in [2.24, 2.45) is 11.8 Å². The largest absolute Gasteiger partial charge is 0.391 e. The number of fused-ring (bicyclic) bond motifs is 1. The molecule has 1 aliphatic heterocycles. The van der Waals surface area contributed by atoms with Gasteiger partial charge in [-0.15, -0.1) is 0 Å². The summed E-state index contributed by atoms with van der Waals surface area (Å²) in [4.78, 5) is 2.46. The number of hydrogen-bond donors (Lipinski definition) is 1. The Hall–Kier alpha value is -0.120. The van der Waals surface area contributed by atoms with Crippen molar-refractivity contribution in [3.63, 3.8) is 0 Å². The van der Waals surface area contributed by atoms with Gasteiger partial charge >= 0.3 is 0 Å². The van der Waals surface area contributed by atoms with E-state index in [9.17, 15) is 5.11 Å². The molecule has 3 fully saturated rings. The highest BCUT2D eigenvalue weighted by Crippen LogP contribution is 2.47. The van der Waals surface area contributed by atoms with Gasteiger partial charge in [0.25, 0.3) is 0 Å². The molecule has 1 N–H and O–H groups in total. The normalized spacial score (nSPS) is 45.6. The van der Waals surface area contributed by atoms with E-state index in [4.69, 9.17) is 4.74 Å². The van der Waals surface area contributed by atoms with Crippen LogP contribution in [0.25, 0.3) is 0 Å². The summed E-state index contributed by atoms with van der Waals surface area (Å²) >= 11 is 0. The summed E-state index contributed by atoms with van der Waals surface area (Å²) < 4.78 is 5.39. The Morgan fingerprint density at radius 3 is 2.38 bits per heavy atom. The molecule has 0 bridgehead atoms. The molecule has 0 unspecified atom stereocenters. The van der Waals surface area contributed by atoms with Gasteiger partial charge < -0.3 is 9.84 Å². The summed E-state index contributed by atoms with van der Waals surface area (Å²) in [5.74, 6) is 1.95. The highest BCUT2D eigenvalue weighted by molar-refractivity contribution is 4.93. The van der Waals surface area contributed by atoms with Crippen molar-refractivity contribution < 1.29 is 9.84 Å². The van der Waals surface area contributed by atoms with Crippen LogP contribution in [0, 0.1) is 11.8 Å². The summed E-state index contributed by atoms with van der Waals surface area (Å²) in [5, 5.41) is 10.3. The molecule has 0 spiro atoms. The second kappa shape index (κ2) is 4.63. The number of nitrogens with zero attached hydrogens (tertiary/aromatic N) is 1. The smallest absolute Gasteiger partial charge is 0.0695 e. The molecule has 16 heavy (non-hydrogen) atoms. The number of hydrogen-bond acceptors (Lipinski definition) is 3. The van der Waals surface area contributed by atoms with E-state index >= 15 is 0 Å². The average Bonchev–Trinajstić information content (AvgIpc) is 3.04. The fourth-order valence-corrected chi connectivity index (χ4v) is 3.51. The molecule has 4 atom stereocenters. The van der Waals surface area contributed by atoms with Crippen molar-refractivity contribution in [2.75, 3.05) is 26.3 Å². The third-order valence-electron chi connectivity index (χ3n) is 4.69. The van der Waals surface area contributed by atoms with Gasteiger partial charge in [0, 0.05) is 19.1 Å². The minimum atomic E-state index is -0.0975. The van der Waals surface area contributed by atoms with Crippen LogP contribution in [0.4, 0.5) is 0 Å². The van der Waals surface area contributed by atoms with Crippen LogP contribution in [-0.4, -0.2) is 48.5 Å². The molecule has 3 aliphatic rings. The zero-order valence-electron chi connectivity index (χ0n) is 9.98. The van der Waals surface area contributed by atoms with Crippen LogP contribution in [0.2, 0.25) is 0 Å². The number of morpholine rings is 1. The van der Waals surface area contributed by atoms with Gasteiger partial charge in [0.2, 0.25) is 0 Å². The predicted octanol–water partition coefficient (Wildman–Crippen LogP) is 1.26. The first-order valence-corrected chi connectivity index (χ1v) is 6.84. The molecule has 3 heteroatoms. The Morgan fingerprint density at radius 1 is 0.938 bits per heavy atom. The second-order valence-corrected chi connectivity index (χ2v) is 5.69. The molecule has 92 valence electrons. The molecule has 0 amide bonds. The topological polar surface area (TPSA) is 32.7 Å². The first kappa shape index (κ1) is 11.0. The quantitative estimate of drug-likeness (QED) is 0.729. The van der Waals surface area contributed by atoms with Crippen molar-refractivity contribution in [2.45, 2.75) is 44.2 Å². The van der Waals surface area contributed by atoms with Crippen molar-refractivity contribution in [3.8, 4) is 0 Å². The van der Waals surface area contributed by atoms with E-state index in [1.165, 1.54) is 25.7 Å². The van der Waals surface area contributed by atoms with Crippen LogP contribution < -0.4 is 0 Å². The van der Waals surface area contributed by atoms with E-state index in [0.717, 1.165) is 44.6 Å². The van der Waals surface area contributed by atoms with E-state index in [2.05, 4.69) is 4.90 Å². The lowest BCUT2D eigenvalue weighted by Gasteiger charge is -2.38. The summed E-state index contributed by atoms with van der Waals surface area (Å²) in [6, 6.07) is 0.408. The van der Waals surface area contributed by atoms with Crippen LogP contribution in [0.15, 0.2) is 0 Å². The lowest BCUT2D eigenvalue weighted by molar-refractivity contribution is -0.0299. The van der Waals surface area contributed by atoms with Gasteiger partial charge in [0.05, 0.1) is 19.3 Å². The zero-order chi connectivity index (χ0) is 11.0. The number of aliphatic hydroxyl groups excluding tert-OH is 1. The average molecular weight is 225 g/mol. The number of aliphatic hydroxyl groups is 1. The first-order valence-electron chi connectivity index (χ1n) is 6.84. The summed E-state index contributed by atoms with van der Waals surface area (Å²) in [6.45, 7) is 3.70. The summed E-state index contributed by atoms with van der Waals surface area (Å²) in [6.07, 6.45) is 6.14. The molecule has 0 radical (unpaired) electrons. The van der Waals surface area contributed by atoms with Gasteiger partial charge in [0.1, 0.15) is 0 Å². The predicted molar refractivity (Wildman–Crippen MR) is 62.3 cm³/mol. The summed E-state index contributed by atoms with van der Waals surface area (Å²) in [5.41, 5.74) is 0. The molecule has 0 aromatic rings. The van der Waals surface area contributed by atoms with Crippen LogP contribution in [0.5, 0.6) is 0 Å². The lowest BCUT2D eigenvalue weighted by Crippen LogP contribution is -2.49. The molecule has 2 aliphatic carbocycles. The fourth-order valence-electron chi connectivity index (χ4n) is 3.51. The Bertz CT molecular complexity index is 240. The van der Waals surface area contributed by atoms with Gasteiger partial charge in [-0.05, 0) is 43.9 Å². The minimum Gasteiger partial charge on any atom is -0.391 e. The molecule has 0 aromatic carbocycles. The van der Waals surface area contributed by atoms with Crippen LogP contribution >= 0.6 is 0 Å². The molecule has 1 heterocycles. The Labute approximate surface area is 97.8 Å². The molecule has 3 rings (SSSR count). The van der Waals surface area contributed by atoms with E-state index in [-0.39, 0.29) is 6.10 Å². The standard InChI is InChI=1S/C13H23NO2/c15-13-4-2-11-9-10(11)1-3-12(13)14-5-7-16-8-6-14/h10-13,15H,1-9H2/t10-,11-,12-,13-/m1/s1. The Kier molecular flexibility index (Phi) is 3.18. The van der Waals surface area contributed by atoms with Gasteiger partial charge in [-0.3, -0.25) is 4.90 Å². The van der Waals surface area contributed by atoms with Crippen LogP contribution in [-0.2, 0) is 4.74 Å². The van der Waals surface area contributed by atoms with E-state index < -0.39 is 0 Å². The first-order chi connectivity index (χ1) is 7.84. The molecular formula is C13H23NO2. The van der Waals surface area contributed by atoms with E-state index in [1.54, 1.807) is 0 Å². The maximum Gasteiger partial charge on any atom is 0.0695 e. The van der Waals surface area contributed by atoms with E-state index in [0.29, 0.717) is 6.04 Å². The third kappa shape index (κ3) is 2.27. The highest BCUT2D eigenvalue weighted by Gasteiger charge is 2.40. The van der Waals surface area contributed by atoms with Crippen molar-refractivity contribution in [1.29, 1.82) is 0 Å². The summed E-state index contributed by atoms with van der Waals surface area (Å²) in [7, 11) is 0. The fraction of sp³-hybridized carbons (Fsp3) is 1.00. The van der Waals surface area contributed by atoms with Gasteiger partial charge in [0.15, 0.2) is 0 Å².